The smallest absolute Gasteiger partial charge is 0.163 e. The Labute approximate surface area is 145 Å². The van der Waals surface area contributed by atoms with Gasteiger partial charge in [-0.2, -0.15) is 0 Å². The summed E-state index contributed by atoms with van der Waals surface area (Å²) in [6, 6.07) is 11.6. The Bertz CT molecular complexity index is 731. The maximum Gasteiger partial charge on any atom is 0.163 e. The van der Waals surface area contributed by atoms with Crippen molar-refractivity contribution in [3.63, 3.8) is 0 Å². The zero-order valence-corrected chi connectivity index (χ0v) is 14.0. The molecule has 120 valence electrons. The minimum absolute atomic E-state index is 0.00624. The summed E-state index contributed by atoms with van der Waals surface area (Å²) < 4.78 is 12.2. The number of aryl methyl sites for hydroxylation is 1. The van der Waals surface area contributed by atoms with Gasteiger partial charge < -0.3 is 14.8 Å². The fourth-order valence-electron chi connectivity index (χ4n) is 3.01. The Morgan fingerprint density at radius 3 is 2.48 bits per heavy atom. The molecule has 2 aromatic carbocycles. The number of rotatable bonds is 4. The second-order valence-electron chi connectivity index (χ2n) is 5.98. The summed E-state index contributed by atoms with van der Waals surface area (Å²) in [5, 5.41) is 4.59. The van der Waals surface area contributed by atoms with E-state index < -0.39 is 0 Å². The van der Waals surface area contributed by atoms with Gasteiger partial charge in [-0.15, -0.1) is 0 Å². The van der Waals surface area contributed by atoms with Gasteiger partial charge >= 0.3 is 0 Å². The monoisotopic (exact) mass is 349 g/mol. The largest absolute Gasteiger partial charge is 0.484 e. The second-order valence-corrected chi connectivity index (χ2v) is 6.85. The van der Waals surface area contributed by atoms with Crippen molar-refractivity contribution in [3.8, 4) is 11.5 Å². The summed E-state index contributed by atoms with van der Waals surface area (Å²) >= 11 is 12.2. The molecule has 1 fully saturated rings. The molecule has 5 heteroatoms. The maximum absolute atomic E-state index is 6.25. The average Bonchev–Trinajstić information content (AvgIpc) is 2.88. The van der Waals surface area contributed by atoms with Crippen LogP contribution in [0, 0.1) is 0 Å². The van der Waals surface area contributed by atoms with Crippen molar-refractivity contribution in [2.75, 3.05) is 13.1 Å². The lowest BCUT2D eigenvalue weighted by Crippen LogP contribution is -2.50. The molecule has 23 heavy (non-hydrogen) atoms. The lowest BCUT2D eigenvalue weighted by molar-refractivity contribution is 0.127. The molecule has 1 atom stereocenters. The third kappa shape index (κ3) is 3.14. The third-order valence-electron chi connectivity index (χ3n) is 4.34. The van der Waals surface area contributed by atoms with E-state index in [1.807, 2.05) is 30.3 Å². The van der Waals surface area contributed by atoms with Crippen molar-refractivity contribution >= 4 is 23.2 Å². The molecular weight excluding hydrogens is 333 g/mol. The normalized spacial score (nSPS) is 20.0. The van der Waals surface area contributed by atoms with Crippen LogP contribution in [0.3, 0.4) is 0 Å². The van der Waals surface area contributed by atoms with Gasteiger partial charge in [-0.25, -0.2) is 0 Å². The lowest BCUT2D eigenvalue weighted by Gasteiger charge is -2.29. The minimum Gasteiger partial charge on any atom is -0.484 e. The van der Waals surface area contributed by atoms with Crippen molar-refractivity contribution in [2.24, 2.45) is 0 Å². The molecule has 1 N–H and O–H groups in total. The van der Waals surface area contributed by atoms with Gasteiger partial charge in [-0.1, -0.05) is 29.3 Å². The van der Waals surface area contributed by atoms with E-state index in [2.05, 4.69) is 11.4 Å². The predicted octanol–water partition coefficient (Wildman–Crippen LogP) is 4.41. The standard InChI is InChI=1S/C18H17Cl2NO2/c19-12-3-1-11-2-5-16(15(11)7-12)23-17-6-4-13(20)8-18(17)22-14-9-21-10-14/h1,3-4,6-8,14,16,21H,2,5,9-10H2. The van der Waals surface area contributed by atoms with Crippen LogP contribution < -0.4 is 14.8 Å². The Morgan fingerprint density at radius 1 is 0.913 bits per heavy atom. The number of benzene rings is 2. The Balaban J connectivity index is 1.58. The highest BCUT2D eigenvalue weighted by Crippen LogP contribution is 2.40. The number of nitrogens with one attached hydrogen (secondary N) is 1. The molecule has 0 aromatic heterocycles. The first-order chi connectivity index (χ1) is 11.2. The average molecular weight is 350 g/mol. The van der Waals surface area contributed by atoms with Crippen molar-refractivity contribution in [1.82, 2.24) is 5.32 Å². The molecule has 0 radical (unpaired) electrons. The van der Waals surface area contributed by atoms with Gasteiger partial charge in [0.1, 0.15) is 12.2 Å². The molecule has 1 unspecified atom stereocenters. The summed E-state index contributed by atoms with van der Waals surface area (Å²) in [7, 11) is 0. The Morgan fingerprint density at radius 2 is 1.70 bits per heavy atom. The van der Waals surface area contributed by atoms with Crippen molar-refractivity contribution in [2.45, 2.75) is 25.0 Å². The molecule has 3 nitrogen and oxygen atoms in total. The lowest BCUT2D eigenvalue weighted by atomic mass is 10.1. The van der Waals surface area contributed by atoms with Gasteiger partial charge in [0.05, 0.1) is 0 Å². The fraction of sp³-hybridized carbons (Fsp3) is 0.333. The molecule has 2 aromatic rings. The van der Waals surface area contributed by atoms with Gasteiger partial charge in [0.25, 0.3) is 0 Å². The van der Waals surface area contributed by atoms with E-state index in [-0.39, 0.29) is 12.2 Å². The zero-order chi connectivity index (χ0) is 15.8. The van der Waals surface area contributed by atoms with Gasteiger partial charge in [0.15, 0.2) is 11.5 Å². The second kappa shape index (κ2) is 6.23. The van der Waals surface area contributed by atoms with E-state index in [1.165, 1.54) is 11.1 Å². The van der Waals surface area contributed by atoms with Crippen molar-refractivity contribution < 1.29 is 9.47 Å². The van der Waals surface area contributed by atoms with Crippen molar-refractivity contribution in [1.29, 1.82) is 0 Å². The van der Waals surface area contributed by atoms with Crippen LogP contribution in [0.5, 0.6) is 11.5 Å². The molecule has 1 saturated heterocycles. The molecular formula is C18H17Cl2NO2. The fourth-order valence-corrected chi connectivity index (χ4v) is 3.35. The van der Waals surface area contributed by atoms with Gasteiger partial charge in [0.2, 0.25) is 0 Å². The van der Waals surface area contributed by atoms with Crippen molar-refractivity contribution in [3.05, 3.63) is 57.6 Å². The van der Waals surface area contributed by atoms with E-state index in [9.17, 15) is 0 Å². The van der Waals surface area contributed by atoms with Crippen LogP contribution in [0.2, 0.25) is 10.0 Å². The SMILES string of the molecule is Clc1ccc(OC2CCc3ccc(Cl)cc32)c(OC2CNC2)c1. The summed E-state index contributed by atoms with van der Waals surface area (Å²) in [6.07, 6.45) is 2.14. The molecule has 2 aliphatic rings. The summed E-state index contributed by atoms with van der Waals surface area (Å²) in [4.78, 5) is 0. The highest BCUT2D eigenvalue weighted by Gasteiger charge is 2.26. The number of halogens is 2. The third-order valence-corrected chi connectivity index (χ3v) is 4.81. The van der Waals surface area contributed by atoms with E-state index in [1.54, 1.807) is 0 Å². The molecule has 0 amide bonds. The molecule has 0 bridgehead atoms. The topological polar surface area (TPSA) is 30.5 Å². The predicted molar refractivity (Wildman–Crippen MR) is 91.9 cm³/mol. The molecule has 0 spiro atoms. The molecule has 4 rings (SSSR count). The number of fused-ring (bicyclic) bond motifs is 1. The van der Waals surface area contributed by atoms with E-state index in [4.69, 9.17) is 32.7 Å². The van der Waals surface area contributed by atoms with Crippen LogP contribution >= 0.6 is 23.2 Å². The van der Waals surface area contributed by atoms with E-state index in [0.717, 1.165) is 36.7 Å². The van der Waals surface area contributed by atoms with Gasteiger partial charge in [0, 0.05) is 29.2 Å². The van der Waals surface area contributed by atoms with Crippen LogP contribution in [-0.2, 0) is 6.42 Å². The molecule has 1 aliphatic heterocycles. The summed E-state index contributed by atoms with van der Waals surface area (Å²) in [5.41, 5.74) is 2.47. The summed E-state index contributed by atoms with van der Waals surface area (Å²) in [6.45, 7) is 1.71. The molecule has 1 aliphatic carbocycles. The minimum atomic E-state index is 0.00624. The quantitative estimate of drug-likeness (QED) is 0.886. The maximum atomic E-state index is 6.25. The number of hydrogen-bond acceptors (Lipinski definition) is 3. The van der Waals surface area contributed by atoms with E-state index >= 15 is 0 Å². The highest BCUT2D eigenvalue weighted by atomic mass is 35.5. The van der Waals surface area contributed by atoms with Gasteiger partial charge in [-0.05, 0) is 48.2 Å². The van der Waals surface area contributed by atoms with Crippen LogP contribution in [0.1, 0.15) is 23.7 Å². The van der Waals surface area contributed by atoms with Crippen LogP contribution in [0.25, 0.3) is 0 Å². The van der Waals surface area contributed by atoms with Crippen LogP contribution in [0.15, 0.2) is 36.4 Å². The Hall–Kier alpha value is -1.42. The van der Waals surface area contributed by atoms with E-state index in [0.29, 0.717) is 10.8 Å². The first-order valence-corrected chi connectivity index (χ1v) is 8.56. The molecule has 1 heterocycles. The highest BCUT2D eigenvalue weighted by molar-refractivity contribution is 6.31. The van der Waals surface area contributed by atoms with Gasteiger partial charge in [-0.3, -0.25) is 0 Å². The first-order valence-electron chi connectivity index (χ1n) is 7.81. The first kappa shape index (κ1) is 15.1. The summed E-state index contributed by atoms with van der Waals surface area (Å²) in [5.74, 6) is 1.44. The van der Waals surface area contributed by atoms with Crippen LogP contribution in [0.4, 0.5) is 0 Å². The number of hydrogen-bond donors (Lipinski definition) is 1. The Kier molecular flexibility index (Phi) is 4.10. The van der Waals surface area contributed by atoms with Crippen LogP contribution in [-0.4, -0.2) is 19.2 Å². The number of ether oxygens (including phenoxy) is 2. The molecule has 0 saturated carbocycles. The zero-order valence-electron chi connectivity index (χ0n) is 12.5.